The molecule has 180 valence electrons. The fourth-order valence-corrected chi connectivity index (χ4v) is 11.1. The minimum absolute atomic E-state index is 0.00927. The van der Waals surface area contributed by atoms with Gasteiger partial charge >= 0.3 is 23.9 Å². The number of carbonyl (C=O) groups is 4. The number of aromatic carboxylic acids is 4. The summed E-state index contributed by atoms with van der Waals surface area (Å²) in [5.41, 5.74) is -3.54. The smallest absolute Gasteiger partial charge is 0.336 e. The molecule has 1 aliphatic rings. The zero-order valence-electron chi connectivity index (χ0n) is 19.2. The van der Waals surface area contributed by atoms with Crippen LogP contribution in [0.3, 0.4) is 0 Å². The van der Waals surface area contributed by atoms with Crippen molar-refractivity contribution in [2.24, 2.45) is 0 Å². The Morgan fingerprint density at radius 1 is 0.735 bits per heavy atom. The molecule has 0 atom stereocenters. The van der Waals surface area contributed by atoms with Crippen molar-refractivity contribution < 1.29 is 44.0 Å². The first kappa shape index (κ1) is 25.3. The largest absolute Gasteiger partial charge is 0.478 e. The zero-order chi connectivity index (χ0) is 25.6. The van der Waals surface area contributed by atoms with Crippen molar-refractivity contribution in [3.05, 3.63) is 69.8 Å². The number of hydrogen-bond donors (Lipinski definition) is 4. The fraction of sp³-hybridized carbons (Fsp3) is 0.304. The van der Waals surface area contributed by atoms with E-state index >= 15 is 0 Å². The van der Waals surface area contributed by atoms with Crippen LogP contribution >= 0.6 is 0 Å². The first-order valence-electron chi connectivity index (χ1n) is 10.6. The van der Waals surface area contributed by atoms with E-state index in [9.17, 15) is 39.6 Å². The second-order valence-corrected chi connectivity index (χ2v) is 24.7. The van der Waals surface area contributed by atoms with Gasteiger partial charge in [-0.2, -0.15) is 0 Å². The average molecular weight is 503 g/mol. The van der Waals surface area contributed by atoms with Gasteiger partial charge in [-0.3, -0.25) is 0 Å². The molecule has 0 saturated carbocycles. The van der Waals surface area contributed by atoms with E-state index in [4.69, 9.17) is 4.43 Å². The first-order valence-corrected chi connectivity index (χ1v) is 17.7. The van der Waals surface area contributed by atoms with Crippen LogP contribution in [0.2, 0.25) is 32.2 Å². The maximum Gasteiger partial charge on any atom is 0.336 e. The van der Waals surface area contributed by atoms with E-state index in [1.165, 1.54) is 36.4 Å². The summed E-state index contributed by atoms with van der Waals surface area (Å²) in [6, 6.07) is 8.63. The average Bonchev–Trinajstić information content (AvgIpc) is 2.74. The van der Waals surface area contributed by atoms with Crippen LogP contribution in [0.4, 0.5) is 0 Å². The minimum atomic E-state index is -2.57. The lowest BCUT2D eigenvalue weighted by Gasteiger charge is -2.53. The van der Waals surface area contributed by atoms with Gasteiger partial charge in [0.2, 0.25) is 0 Å². The molecule has 0 amide bonds. The monoisotopic (exact) mass is 502 g/mol. The van der Waals surface area contributed by atoms with E-state index in [0.717, 1.165) is 0 Å². The molecule has 9 nitrogen and oxygen atoms in total. The van der Waals surface area contributed by atoms with Gasteiger partial charge in [-0.1, -0.05) is 43.4 Å². The van der Waals surface area contributed by atoms with Gasteiger partial charge in [-0.25, -0.2) is 19.2 Å². The Hall–Kier alpha value is -3.29. The summed E-state index contributed by atoms with van der Waals surface area (Å²) >= 11 is 0. The predicted octanol–water partition coefficient (Wildman–Crippen LogP) is 4.14. The number of hydrogen-bond acceptors (Lipinski definition) is 5. The summed E-state index contributed by atoms with van der Waals surface area (Å²) in [4.78, 5) is 48.5. The lowest BCUT2D eigenvalue weighted by Crippen LogP contribution is -2.65. The van der Waals surface area contributed by atoms with E-state index in [2.05, 4.69) is 13.1 Å². The third-order valence-electron chi connectivity index (χ3n) is 7.05. The van der Waals surface area contributed by atoms with Crippen LogP contribution < -0.4 is 0 Å². The highest BCUT2D eigenvalue weighted by atomic mass is 29.3. The molecule has 2 aromatic carbocycles. The highest BCUT2D eigenvalue weighted by Crippen LogP contribution is 2.51. The summed E-state index contributed by atoms with van der Waals surface area (Å²) in [6.45, 7) is 8.27. The predicted molar refractivity (Wildman–Crippen MR) is 127 cm³/mol. The molecule has 0 radical (unpaired) electrons. The molecule has 0 bridgehead atoms. The van der Waals surface area contributed by atoms with E-state index in [1.54, 1.807) is 0 Å². The van der Waals surface area contributed by atoms with Crippen LogP contribution in [0.25, 0.3) is 0 Å². The fourth-order valence-electron chi connectivity index (χ4n) is 4.53. The topological polar surface area (TPSA) is 158 Å². The molecule has 0 aromatic heterocycles. The van der Waals surface area contributed by atoms with Gasteiger partial charge in [0.15, 0.2) is 7.83 Å². The Balaban J connectivity index is 2.52. The lowest BCUT2D eigenvalue weighted by atomic mass is 9.77. The van der Waals surface area contributed by atoms with Gasteiger partial charge in [0.1, 0.15) is 5.60 Å². The summed E-state index contributed by atoms with van der Waals surface area (Å²) in [7, 11) is -4.51. The Morgan fingerprint density at radius 2 is 1.15 bits per heavy atom. The van der Waals surface area contributed by atoms with Crippen molar-refractivity contribution in [3.63, 3.8) is 0 Å². The highest BCUT2D eigenvalue weighted by molar-refractivity contribution is 7.38. The molecule has 2 aromatic rings. The standard InChI is InChI=1S/C23H26O9Si2/c1-33(2)12-11-23(32-34(33,3)4,15-9-5-7-13(19(24)25)17(15)21(28)29)16-10-6-8-14(20(26)27)18(16)22(30)31/h5-10H,11-12H2,1-4H3,(H,24,25)(H,26,27)(H,28,29)(H,30,31). The van der Waals surface area contributed by atoms with Gasteiger partial charge in [-0.05, 0) is 31.6 Å². The van der Waals surface area contributed by atoms with Gasteiger partial charge in [0.05, 0.1) is 29.8 Å². The molecule has 1 heterocycles. The van der Waals surface area contributed by atoms with Gasteiger partial charge < -0.3 is 24.9 Å². The van der Waals surface area contributed by atoms with Gasteiger partial charge in [0.25, 0.3) is 0 Å². The third kappa shape index (κ3) is 3.95. The molecule has 1 fully saturated rings. The SMILES string of the molecule is C[Si]1(C)CCC(c2cccc(C(=O)O)c2C(=O)O)(c2cccc(C(=O)O)c2C(=O)O)O[Si]1(C)C. The third-order valence-corrected chi connectivity index (χ3v) is 23.5. The highest BCUT2D eigenvalue weighted by Gasteiger charge is 2.56. The molecule has 1 aliphatic heterocycles. The van der Waals surface area contributed by atoms with Gasteiger partial charge in [0, 0.05) is 11.1 Å². The van der Waals surface area contributed by atoms with Crippen LogP contribution in [0.5, 0.6) is 0 Å². The summed E-state index contributed by atoms with van der Waals surface area (Å²) < 4.78 is 6.79. The Labute approximate surface area is 197 Å². The molecule has 0 aliphatic carbocycles. The van der Waals surface area contributed by atoms with E-state index in [0.29, 0.717) is 6.04 Å². The molecular formula is C23H26O9Si2. The van der Waals surface area contributed by atoms with Crippen LogP contribution in [0.15, 0.2) is 36.4 Å². The van der Waals surface area contributed by atoms with Crippen molar-refractivity contribution in [1.29, 1.82) is 0 Å². The number of carboxylic acids is 4. The Bertz CT molecular complexity index is 1140. The normalized spacial score (nSPS) is 18.1. The van der Waals surface area contributed by atoms with Crippen LogP contribution in [0, 0.1) is 0 Å². The number of rotatable bonds is 6. The summed E-state index contributed by atoms with van der Waals surface area (Å²) in [5.74, 6) is -5.89. The molecule has 0 unspecified atom stereocenters. The van der Waals surface area contributed by atoms with Crippen molar-refractivity contribution in [2.75, 3.05) is 0 Å². The number of benzene rings is 2. The van der Waals surface area contributed by atoms with Gasteiger partial charge in [-0.15, -0.1) is 0 Å². The van der Waals surface area contributed by atoms with Crippen molar-refractivity contribution >= 4 is 39.3 Å². The second kappa shape index (κ2) is 8.49. The quantitative estimate of drug-likeness (QED) is 0.426. The molecule has 1 saturated heterocycles. The maximum absolute atomic E-state index is 12.3. The molecule has 11 heteroatoms. The second-order valence-electron chi connectivity index (χ2n) is 9.50. The lowest BCUT2D eigenvalue weighted by molar-refractivity contribution is 0.0603. The van der Waals surface area contributed by atoms with Crippen LogP contribution in [-0.4, -0.2) is 59.7 Å². The summed E-state index contributed by atoms with van der Waals surface area (Å²) in [6.07, 6.45) is 0.190. The molecule has 3 rings (SSSR count). The molecule has 4 N–H and O–H groups in total. The van der Waals surface area contributed by atoms with Crippen LogP contribution in [0.1, 0.15) is 59.0 Å². The molecule has 34 heavy (non-hydrogen) atoms. The van der Waals surface area contributed by atoms with E-state index < -0.39 is 67.2 Å². The Morgan fingerprint density at radius 3 is 1.47 bits per heavy atom. The summed E-state index contributed by atoms with van der Waals surface area (Å²) in [5, 5.41) is 39.4. The number of carboxylic acid groups (broad SMARTS) is 4. The van der Waals surface area contributed by atoms with Crippen molar-refractivity contribution in [2.45, 2.75) is 44.3 Å². The maximum atomic E-state index is 12.3. The van der Waals surface area contributed by atoms with Crippen molar-refractivity contribution in [1.82, 2.24) is 0 Å². The van der Waals surface area contributed by atoms with E-state index in [-0.39, 0.29) is 17.5 Å². The zero-order valence-corrected chi connectivity index (χ0v) is 21.2. The minimum Gasteiger partial charge on any atom is -0.478 e. The Kier molecular flexibility index (Phi) is 6.33. The van der Waals surface area contributed by atoms with Crippen molar-refractivity contribution in [3.8, 4) is 0 Å². The molecule has 0 spiro atoms. The van der Waals surface area contributed by atoms with E-state index in [1.807, 2.05) is 13.1 Å². The molecular weight excluding hydrogens is 476 g/mol. The van der Waals surface area contributed by atoms with Crippen LogP contribution in [-0.2, 0) is 10.0 Å². The first-order chi connectivity index (χ1) is 15.7.